The zero-order valence-corrected chi connectivity index (χ0v) is 17.1. The zero-order chi connectivity index (χ0) is 17.6. The van der Waals surface area contributed by atoms with Crippen molar-refractivity contribution in [3.8, 4) is 5.88 Å². The lowest BCUT2D eigenvalue weighted by atomic mass is 9.73. The molecular weight excluding hydrogens is 437 g/mol. The fraction of sp³-hybridized carbons (Fsp3) is 0.476. The Hall–Kier alpha value is -1.34. The minimum atomic E-state index is -0.0148. The van der Waals surface area contributed by atoms with E-state index in [2.05, 4.69) is 68.8 Å². The van der Waals surface area contributed by atoms with Crippen LogP contribution in [0.15, 0.2) is 42.6 Å². The van der Waals surface area contributed by atoms with Gasteiger partial charge in [-0.25, -0.2) is 4.98 Å². The summed E-state index contributed by atoms with van der Waals surface area (Å²) in [7, 11) is 0. The van der Waals surface area contributed by atoms with Crippen LogP contribution in [0.3, 0.4) is 0 Å². The number of piperidine rings is 3. The van der Waals surface area contributed by atoms with Crippen molar-refractivity contribution in [3.63, 3.8) is 0 Å². The van der Waals surface area contributed by atoms with Gasteiger partial charge in [0.1, 0.15) is 5.60 Å². The van der Waals surface area contributed by atoms with Crippen LogP contribution < -0.4 is 9.64 Å². The Bertz CT molecular complexity index is 791. The number of anilines is 1. The van der Waals surface area contributed by atoms with Crippen molar-refractivity contribution < 1.29 is 4.74 Å². The van der Waals surface area contributed by atoms with Crippen molar-refractivity contribution >= 4 is 28.3 Å². The van der Waals surface area contributed by atoms with Gasteiger partial charge in [0.05, 0.1) is 16.4 Å². The molecule has 2 bridgehead atoms. The highest BCUT2D eigenvalue weighted by Crippen LogP contribution is 2.46. The SMILES string of the molecule is ICN(Cc1ccccc1)c1cnc2c(c1)CC1(CN3CCC1CC3)O2. The van der Waals surface area contributed by atoms with E-state index in [9.17, 15) is 0 Å². The molecule has 0 amide bonds. The van der Waals surface area contributed by atoms with Crippen molar-refractivity contribution in [2.75, 3.05) is 29.1 Å². The topological polar surface area (TPSA) is 28.6 Å². The molecule has 0 radical (unpaired) electrons. The largest absolute Gasteiger partial charge is 0.469 e. The van der Waals surface area contributed by atoms with Crippen LogP contribution in [0.5, 0.6) is 5.88 Å². The predicted octanol–water partition coefficient (Wildman–Crippen LogP) is 3.88. The Morgan fingerprint density at radius 3 is 2.73 bits per heavy atom. The molecule has 1 atom stereocenters. The number of rotatable bonds is 4. The van der Waals surface area contributed by atoms with E-state index >= 15 is 0 Å². The van der Waals surface area contributed by atoms with Crippen LogP contribution in [0.4, 0.5) is 5.69 Å². The summed E-state index contributed by atoms with van der Waals surface area (Å²) < 4.78 is 7.42. The van der Waals surface area contributed by atoms with Gasteiger partial charge in [-0.3, -0.25) is 4.90 Å². The molecule has 2 aromatic rings. The summed E-state index contributed by atoms with van der Waals surface area (Å²) in [4.78, 5) is 9.67. The van der Waals surface area contributed by atoms with Gasteiger partial charge >= 0.3 is 0 Å². The third kappa shape index (κ3) is 2.89. The third-order valence-corrected chi connectivity index (χ3v) is 7.07. The zero-order valence-electron chi connectivity index (χ0n) is 14.9. The van der Waals surface area contributed by atoms with Gasteiger partial charge in [0.2, 0.25) is 5.88 Å². The fourth-order valence-corrected chi connectivity index (χ4v) is 5.51. The number of aromatic nitrogens is 1. The molecule has 3 saturated heterocycles. The van der Waals surface area contributed by atoms with Gasteiger partial charge in [-0.2, -0.15) is 0 Å². The predicted molar refractivity (Wildman–Crippen MR) is 112 cm³/mol. The number of alkyl halides is 1. The van der Waals surface area contributed by atoms with Crippen molar-refractivity contribution in [2.45, 2.75) is 31.4 Å². The molecule has 3 fully saturated rings. The van der Waals surface area contributed by atoms with Gasteiger partial charge < -0.3 is 9.64 Å². The Kier molecular flexibility index (Phi) is 4.32. The van der Waals surface area contributed by atoms with Crippen LogP contribution in [-0.2, 0) is 13.0 Å². The lowest BCUT2D eigenvalue weighted by Crippen LogP contribution is -2.61. The monoisotopic (exact) mass is 461 g/mol. The Morgan fingerprint density at radius 2 is 2.04 bits per heavy atom. The van der Waals surface area contributed by atoms with Crippen LogP contribution in [0.25, 0.3) is 0 Å². The van der Waals surface area contributed by atoms with E-state index in [1.165, 1.54) is 42.7 Å². The maximum atomic E-state index is 6.48. The molecule has 0 saturated carbocycles. The van der Waals surface area contributed by atoms with Crippen molar-refractivity contribution in [3.05, 3.63) is 53.7 Å². The minimum Gasteiger partial charge on any atom is -0.469 e. The standard InChI is InChI=1S/C21H24IN3O/c22-15-25(13-16-4-2-1-3-5-16)19-10-17-11-21(26-20(17)23-12-19)14-24-8-6-18(21)7-9-24/h1-5,10,12,18H,6-9,11,13-15H2. The first kappa shape index (κ1) is 16.8. The van der Waals surface area contributed by atoms with E-state index in [0.29, 0.717) is 5.92 Å². The molecule has 0 aliphatic carbocycles. The maximum absolute atomic E-state index is 6.48. The molecule has 0 N–H and O–H groups in total. The highest BCUT2D eigenvalue weighted by molar-refractivity contribution is 14.1. The highest BCUT2D eigenvalue weighted by atomic mass is 127. The molecule has 4 aliphatic heterocycles. The smallest absolute Gasteiger partial charge is 0.217 e. The maximum Gasteiger partial charge on any atom is 0.217 e. The van der Waals surface area contributed by atoms with Crippen molar-refractivity contribution in [1.82, 2.24) is 9.88 Å². The second-order valence-corrected chi connectivity index (χ2v) is 8.54. The first-order valence-corrected chi connectivity index (χ1v) is 11.0. The van der Waals surface area contributed by atoms with Crippen LogP contribution in [0, 0.1) is 5.92 Å². The summed E-state index contributed by atoms with van der Waals surface area (Å²) in [5, 5.41) is 0. The summed E-state index contributed by atoms with van der Waals surface area (Å²) in [6.45, 7) is 4.46. The Balaban J connectivity index is 1.38. The van der Waals surface area contributed by atoms with E-state index in [0.717, 1.165) is 29.9 Å². The number of hydrogen-bond acceptors (Lipinski definition) is 4. The molecule has 26 heavy (non-hydrogen) atoms. The van der Waals surface area contributed by atoms with Crippen LogP contribution >= 0.6 is 22.6 Å². The van der Waals surface area contributed by atoms with E-state index in [4.69, 9.17) is 9.72 Å². The molecule has 1 aromatic carbocycles. The summed E-state index contributed by atoms with van der Waals surface area (Å²) >= 11 is 2.44. The first-order chi connectivity index (χ1) is 12.8. The van der Waals surface area contributed by atoms with Crippen LogP contribution in [-0.4, -0.2) is 39.7 Å². The molecule has 4 nitrogen and oxygen atoms in total. The molecule has 1 unspecified atom stereocenters. The number of nitrogens with zero attached hydrogens (tertiary/aromatic N) is 3. The van der Waals surface area contributed by atoms with Gasteiger partial charge in [-0.1, -0.05) is 52.9 Å². The van der Waals surface area contributed by atoms with E-state index in [-0.39, 0.29) is 5.60 Å². The fourth-order valence-electron chi connectivity index (χ4n) is 4.87. The molecule has 5 heterocycles. The molecule has 5 heteroatoms. The Labute approximate surface area is 168 Å². The van der Waals surface area contributed by atoms with Gasteiger partial charge in [0, 0.05) is 31.0 Å². The number of halogens is 1. The third-order valence-electron chi connectivity index (χ3n) is 6.25. The van der Waals surface area contributed by atoms with Crippen molar-refractivity contribution in [2.24, 2.45) is 5.92 Å². The lowest BCUT2D eigenvalue weighted by Gasteiger charge is -2.50. The van der Waals surface area contributed by atoms with Gasteiger partial charge in [-0.05, 0) is 37.6 Å². The first-order valence-electron chi connectivity index (χ1n) is 9.51. The molecular formula is C21H24IN3O. The summed E-state index contributed by atoms with van der Waals surface area (Å²) in [5.41, 5.74) is 3.80. The average Bonchev–Trinajstić information content (AvgIpc) is 3.04. The molecule has 4 aliphatic rings. The normalized spacial score (nSPS) is 28.8. The molecule has 1 spiro atoms. The van der Waals surface area contributed by atoms with Crippen LogP contribution in [0.1, 0.15) is 24.0 Å². The summed E-state index contributed by atoms with van der Waals surface area (Å²) in [6, 6.07) is 13.0. The minimum absolute atomic E-state index is 0.0148. The van der Waals surface area contributed by atoms with Gasteiger partial charge in [0.25, 0.3) is 0 Å². The van der Waals surface area contributed by atoms with E-state index in [1.54, 1.807) is 0 Å². The van der Waals surface area contributed by atoms with Crippen LogP contribution in [0.2, 0.25) is 0 Å². The van der Waals surface area contributed by atoms with E-state index in [1.807, 2.05) is 6.20 Å². The quantitative estimate of drug-likeness (QED) is 0.393. The number of benzene rings is 1. The molecule has 6 rings (SSSR count). The molecule has 136 valence electrons. The number of pyridine rings is 1. The number of ether oxygens (including phenoxy) is 1. The number of fused-ring (bicyclic) bond motifs is 3. The summed E-state index contributed by atoms with van der Waals surface area (Å²) in [5.74, 6) is 1.56. The average molecular weight is 461 g/mol. The lowest BCUT2D eigenvalue weighted by molar-refractivity contribution is -0.0814. The summed E-state index contributed by atoms with van der Waals surface area (Å²) in [6.07, 6.45) is 5.55. The molecule has 1 aromatic heterocycles. The second-order valence-electron chi connectivity index (χ2n) is 7.85. The Morgan fingerprint density at radius 1 is 1.23 bits per heavy atom. The van der Waals surface area contributed by atoms with E-state index < -0.39 is 0 Å². The van der Waals surface area contributed by atoms with Gasteiger partial charge in [0.15, 0.2) is 0 Å². The highest BCUT2D eigenvalue weighted by Gasteiger charge is 2.52. The second kappa shape index (κ2) is 6.68. The van der Waals surface area contributed by atoms with Gasteiger partial charge in [-0.15, -0.1) is 0 Å². The van der Waals surface area contributed by atoms with Crippen molar-refractivity contribution in [1.29, 1.82) is 0 Å². The number of hydrogen-bond donors (Lipinski definition) is 0.